The number of carboxylic acid groups (broad SMARTS) is 1. The molecule has 0 bridgehead atoms. The summed E-state index contributed by atoms with van der Waals surface area (Å²) in [5, 5.41) is 11.8. The van der Waals surface area contributed by atoms with E-state index in [-0.39, 0.29) is 5.56 Å². The fourth-order valence-electron chi connectivity index (χ4n) is 1.91. The predicted molar refractivity (Wildman–Crippen MR) is 82.8 cm³/mol. The molecule has 8 heteroatoms. The van der Waals surface area contributed by atoms with Crippen LogP contribution in [0.5, 0.6) is 0 Å². The number of aromatic carboxylic acids is 1. The molecule has 0 unspecified atom stereocenters. The average Bonchev–Trinajstić information content (AvgIpc) is 2.45. The molecule has 0 amide bonds. The van der Waals surface area contributed by atoms with Crippen molar-refractivity contribution in [1.82, 2.24) is 9.66 Å². The predicted octanol–water partition coefficient (Wildman–Crippen LogP) is 0.343. The summed E-state index contributed by atoms with van der Waals surface area (Å²) in [7, 11) is 3.51. The first-order valence-electron chi connectivity index (χ1n) is 6.25. The molecule has 21 heavy (non-hydrogen) atoms. The number of hydrogen-bond donors (Lipinski definition) is 2. The van der Waals surface area contributed by atoms with Gasteiger partial charge in [0, 0.05) is 32.6 Å². The second-order valence-corrected chi connectivity index (χ2v) is 5.66. The highest BCUT2D eigenvalue weighted by molar-refractivity contribution is 7.99. The zero-order valence-electron chi connectivity index (χ0n) is 11.7. The zero-order chi connectivity index (χ0) is 15.6. The minimum Gasteiger partial charge on any atom is -0.477 e. The number of carbonyl (C=O) groups is 1. The van der Waals surface area contributed by atoms with Crippen molar-refractivity contribution in [3.63, 3.8) is 0 Å². The van der Waals surface area contributed by atoms with Crippen LogP contribution in [0.2, 0.25) is 0 Å². The number of aromatic nitrogens is 2. The lowest BCUT2D eigenvalue weighted by atomic mass is 10.2. The highest BCUT2D eigenvalue weighted by atomic mass is 32.2. The van der Waals surface area contributed by atoms with Crippen LogP contribution in [0.15, 0.2) is 28.3 Å². The third kappa shape index (κ3) is 3.01. The van der Waals surface area contributed by atoms with E-state index in [2.05, 4.69) is 4.98 Å². The molecular weight excluding hydrogens is 292 g/mol. The number of carboxylic acids is 1. The van der Waals surface area contributed by atoms with E-state index in [4.69, 9.17) is 5.73 Å². The summed E-state index contributed by atoms with van der Waals surface area (Å²) in [5.74, 6) is -0.565. The van der Waals surface area contributed by atoms with E-state index >= 15 is 0 Å². The summed E-state index contributed by atoms with van der Waals surface area (Å²) >= 11 is 1.43. The average molecular weight is 308 g/mol. The highest BCUT2D eigenvalue weighted by Gasteiger charge is 2.16. The van der Waals surface area contributed by atoms with Gasteiger partial charge in [0.15, 0.2) is 0 Å². The van der Waals surface area contributed by atoms with Crippen molar-refractivity contribution >= 4 is 28.6 Å². The normalized spacial score (nSPS) is 10.8. The summed E-state index contributed by atoms with van der Waals surface area (Å²) < 4.78 is 1.59. The smallest absolute Gasteiger partial charge is 0.341 e. The Kier molecular flexibility index (Phi) is 4.49. The largest absolute Gasteiger partial charge is 0.477 e. The van der Waals surface area contributed by atoms with Gasteiger partial charge in [0.1, 0.15) is 5.56 Å². The van der Waals surface area contributed by atoms with Gasteiger partial charge in [0.2, 0.25) is 5.43 Å². The molecule has 3 N–H and O–H groups in total. The van der Waals surface area contributed by atoms with Crippen LogP contribution in [0.1, 0.15) is 10.4 Å². The third-order valence-electron chi connectivity index (χ3n) is 2.87. The maximum atomic E-state index is 12.3. The molecule has 0 aliphatic carbocycles. The number of nitrogens with two attached hydrogens (primary N) is 1. The summed E-state index contributed by atoms with van der Waals surface area (Å²) in [6, 6.07) is 1.62. The number of thioether (sulfide) groups is 1. The van der Waals surface area contributed by atoms with Crippen molar-refractivity contribution in [2.24, 2.45) is 5.73 Å². The number of pyridine rings is 2. The number of hydrogen-bond acceptors (Lipinski definition) is 6. The Hall–Kier alpha value is -2.06. The quantitative estimate of drug-likeness (QED) is 0.768. The van der Waals surface area contributed by atoms with Crippen LogP contribution in [-0.4, -0.2) is 47.1 Å². The molecule has 0 saturated carbocycles. The van der Waals surface area contributed by atoms with Crippen molar-refractivity contribution in [3.8, 4) is 0 Å². The molecule has 0 aliphatic rings. The number of fused-ring (bicyclic) bond motifs is 1. The summed E-state index contributed by atoms with van der Waals surface area (Å²) in [6.07, 6.45) is 2.88. The van der Waals surface area contributed by atoms with Gasteiger partial charge in [-0.25, -0.2) is 9.78 Å². The summed E-state index contributed by atoms with van der Waals surface area (Å²) in [5.41, 5.74) is 5.24. The Balaban J connectivity index is 2.73. The van der Waals surface area contributed by atoms with E-state index in [1.54, 1.807) is 36.0 Å². The van der Waals surface area contributed by atoms with E-state index in [0.29, 0.717) is 28.2 Å². The van der Waals surface area contributed by atoms with E-state index < -0.39 is 11.4 Å². The van der Waals surface area contributed by atoms with Crippen molar-refractivity contribution in [2.75, 3.05) is 31.4 Å². The van der Waals surface area contributed by atoms with Crippen LogP contribution in [0, 0.1) is 0 Å². The fraction of sp³-hybridized carbons (Fsp3) is 0.308. The van der Waals surface area contributed by atoms with Crippen molar-refractivity contribution in [3.05, 3.63) is 34.2 Å². The van der Waals surface area contributed by atoms with Gasteiger partial charge in [-0.15, -0.1) is 11.8 Å². The Bertz CT molecular complexity index is 742. The first-order valence-corrected chi connectivity index (χ1v) is 7.23. The van der Waals surface area contributed by atoms with Gasteiger partial charge in [0.25, 0.3) is 0 Å². The molecule has 112 valence electrons. The van der Waals surface area contributed by atoms with E-state index in [0.717, 1.165) is 0 Å². The number of nitrogens with zero attached hydrogens (tertiary/aromatic N) is 3. The number of rotatable bonds is 5. The Labute approximate surface area is 125 Å². The third-order valence-corrected chi connectivity index (χ3v) is 3.83. The molecule has 2 aromatic rings. The van der Waals surface area contributed by atoms with E-state index in [9.17, 15) is 14.7 Å². The topological polar surface area (TPSA) is 101 Å². The standard InChI is InChI=1S/C13H16N4O3S/c1-16(2)17-7-9(13(19)20)12(18)8-5-11(21-4-3-14)15-6-10(8)17/h5-7H,3-4,14H2,1-2H3,(H,19,20). The minimum atomic E-state index is -1.24. The second-order valence-electron chi connectivity index (χ2n) is 4.55. The van der Waals surface area contributed by atoms with E-state index in [1.165, 1.54) is 18.0 Å². The highest BCUT2D eigenvalue weighted by Crippen LogP contribution is 2.19. The fourth-order valence-corrected chi connectivity index (χ4v) is 2.57. The lowest BCUT2D eigenvalue weighted by Gasteiger charge is -2.20. The van der Waals surface area contributed by atoms with Gasteiger partial charge in [-0.3, -0.25) is 9.47 Å². The molecule has 0 spiro atoms. The van der Waals surface area contributed by atoms with Gasteiger partial charge in [-0.05, 0) is 6.07 Å². The van der Waals surface area contributed by atoms with Gasteiger partial charge in [0.05, 0.1) is 22.1 Å². The van der Waals surface area contributed by atoms with Gasteiger partial charge in [-0.2, -0.15) is 0 Å². The van der Waals surface area contributed by atoms with Gasteiger partial charge < -0.3 is 15.8 Å². The maximum Gasteiger partial charge on any atom is 0.341 e. The molecule has 7 nitrogen and oxygen atoms in total. The van der Waals surface area contributed by atoms with Crippen LogP contribution in [0.3, 0.4) is 0 Å². The second kappa shape index (κ2) is 6.15. The van der Waals surface area contributed by atoms with E-state index in [1.807, 2.05) is 0 Å². The van der Waals surface area contributed by atoms with Gasteiger partial charge in [-0.1, -0.05) is 0 Å². The Morgan fingerprint density at radius 1 is 1.52 bits per heavy atom. The van der Waals surface area contributed by atoms with Crippen molar-refractivity contribution < 1.29 is 9.90 Å². The van der Waals surface area contributed by atoms with Crippen LogP contribution in [-0.2, 0) is 0 Å². The van der Waals surface area contributed by atoms with Crippen molar-refractivity contribution in [1.29, 1.82) is 0 Å². The molecule has 0 fully saturated rings. The summed E-state index contributed by atoms with van der Waals surface area (Å²) in [4.78, 5) is 27.8. The van der Waals surface area contributed by atoms with Crippen molar-refractivity contribution in [2.45, 2.75) is 5.03 Å². The Morgan fingerprint density at radius 3 is 2.81 bits per heavy atom. The SMILES string of the molecule is CN(C)n1cc(C(=O)O)c(=O)c2cc(SCCN)ncc21. The van der Waals surface area contributed by atoms with Crippen LogP contribution < -0.4 is 16.2 Å². The lowest BCUT2D eigenvalue weighted by molar-refractivity contribution is 0.0695. The molecular formula is C13H16N4O3S. The lowest BCUT2D eigenvalue weighted by Crippen LogP contribution is -2.29. The molecule has 2 aromatic heterocycles. The molecule has 0 aromatic carbocycles. The molecule has 2 rings (SSSR count). The molecule has 0 radical (unpaired) electrons. The Morgan fingerprint density at radius 2 is 2.24 bits per heavy atom. The maximum absolute atomic E-state index is 12.3. The first kappa shape index (κ1) is 15.3. The molecule has 0 aliphatic heterocycles. The zero-order valence-corrected chi connectivity index (χ0v) is 12.6. The minimum absolute atomic E-state index is 0.267. The van der Waals surface area contributed by atoms with Crippen LogP contribution in [0.4, 0.5) is 0 Å². The first-order chi connectivity index (χ1) is 9.95. The monoisotopic (exact) mass is 308 g/mol. The molecule has 2 heterocycles. The molecule has 0 saturated heterocycles. The molecule has 0 atom stereocenters. The van der Waals surface area contributed by atoms with Crippen LogP contribution >= 0.6 is 11.8 Å². The summed E-state index contributed by atoms with van der Waals surface area (Å²) in [6.45, 7) is 0.501. The van der Waals surface area contributed by atoms with Crippen LogP contribution in [0.25, 0.3) is 10.9 Å². The van der Waals surface area contributed by atoms with Gasteiger partial charge >= 0.3 is 5.97 Å².